The number of fused-ring (bicyclic) bond motifs is 1. The van der Waals surface area contributed by atoms with Crippen molar-refractivity contribution in [3.8, 4) is 11.5 Å². The summed E-state index contributed by atoms with van der Waals surface area (Å²) in [5.74, 6) is 1.22. The van der Waals surface area contributed by atoms with Gasteiger partial charge in [-0.25, -0.2) is 0 Å². The van der Waals surface area contributed by atoms with Crippen molar-refractivity contribution in [1.29, 1.82) is 0 Å². The molecule has 2 heterocycles. The van der Waals surface area contributed by atoms with Gasteiger partial charge in [-0.3, -0.25) is 9.78 Å². The molecule has 6 heteroatoms. The fourth-order valence-corrected chi connectivity index (χ4v) is 4.21. The first-order valence-corrected chi connectivity index (χ1v) is 11.1. The molecule has 0 spiro atoms. The number of para-hydroxylation sites is 1. The summed E-state index contributed by atoms with van der Waals surface area (Å²) in [6.07, 6.45) is 5.93. The molecule has 4 aromatic rings. The summed E-state index contributed by atoms with van der Waals surface area (Å²) in [6.45, 7) is 3.44. The molecule has 2 aromatic heterocycles. The average molecular weight is 444 g/mol. The van der Waals surface area contributed by atoms with Crippen molar-refractivity contribution in [3.63, 3.8) is 0 Å². The van der Waals surface area contributed by atoms with Gasteiger partial charge in [-0.2, -0.15) is 0 Å². The molecule has 0 radical (unpaired) electrons. The van der Waals surface area contributed by atoms with Gasteiger partial charge in [-0.15, -0.1) is 0 Å². The predicted molar refractivity (Wildman–Crippen MR) is 130 cm³/mol. The quantitative estimate of drug-likeness (QED) is 0.399. The number of rotatable bonds is 9. The van der Waals surface area contributed by atoms with Crippen LogP contribution in [0.25, 0.3) is 10.9 Å². The van der Waals surface area contributed by atoms with Gasteiger partial charge in [0.05, 0.1) is 14.2 Å². The van der Waals surface area contributed by atoms with E-state index in [-0.39, 0.29) is 11.8 Å². The van der Waals surface area contributed by atoms with Gasteiger partial charge in [-0.1, -0.05) is 18.2 Å². The molecule has 4 rings (SSSR count). The van der Waals surface area contributed by atoms with Crippen molar-refractivity contribution in [3.05, 3.63) is 89.9 Å². The van der Waals surface area contributed by atoms with E-state index in [0.717, 1.165) is 34.1 Å². The molecule has 0 aliphatic carbocycles. The SMILES string of the molecule is CCn1cc(C(CC(=O)NCc2ccncc2)c2cc(OC)cc(OC)c2)c2ccccc21. The molecule has 0 saturated carbocycles. The first-order chi connectivity index (χ1) is 16.1. The fraction of sp³-hybridized carbons (Fsp3) is 0.259. The Morgan fingerprint density at radius 1 is 1.03 bits per heavy atom. The van der Waals surface area contributed by atoms with Gasteiger partial charge in [0.25, 0.3) is 0 Å². The molecule has 170 valence electrons. The lowest BCUT2D eigenvalue weighted by Crippen LogP contribution is -2.25. The molecule has 1 atom stereocenters. The summed E-state index contributed by atoms with van der Waals surface area (Å²) in [7, 11) is 3.27. The molecule has 0 saturated heterocycles. The van der Waals surface area contributed by atoms with E-state index in [1.807, 2.05) is 42.5 Å². The molecule has 1 unspecified atom stereocenters. The van der Waals surface area contributed by atoms with E-state index < -0.39 is 0 Å². The van der Waals surface area contributed by atoms with Crippen molar-refractivity contribution in [2.75, 3.05) is 14.2 Å². The minimum Gasteiger partial charge on any atom is -0.497 e. The van der Waals surface area contributed by atoms with Crippen LogP contribution in [0.5, 0.6) is 11.5 Å². The average Bonchev–Trinajstić information content (AvgIpc) is 3.25. The van der Waals surface area contributed by atoms with E-state index in [1.165, 1.54) is 0 Å². The third kappa shape index (κ3) is 5.00. The van der Waals surface area contributed by atoms with Gasteiger partial charge in [0.15, 0.2) is 0 Å². The zero-order valence-electron chi connectivity index (χ0n) is 19.2. The van der Waals surface area contributed by atoms with Crippen molar-refractivity contribution in [1.82, 2.24) is 14.9 Å². The standard InChI is InChI=1S/C27H29N3O3/c1-4-30-18-25(23-7-5-6-8-26(23)30)24(20-13-21(32-2)15-22(14-20)33-3)16-27(31)29-17-19-9-11-28-12-10-19/h5-15,18,24H,4,16-17H2,1-3H3,(H,29,31). The van der Waals surface area contributed by atoms with Gasteiger partial charge >= 0.3 is 0 Å². The van der Waals surface area contributed by atoms with Crippen molar-refractivity contribution >= 4 is 16.8 Å². The molecule has 33 heavy (non-hydrogen) atoms. The molecule has 0 bridgehead atoms. The second kappa shape index (κ2) is 10.2. The summed E-state index contributed by atoms with van der Waals surface area (Å²) in [4.78, 5) is 17.1. The Bertz CT molecular complexity index is 1210. The van der Waals surface area contributed by atoms with Crippen molar-refractivity contribution < 1.29 is 14.3 Å². The molecule has 0 aliphatic heterocycles. The van der Waals surface area contributed by atoms with Crippen LogP contribution >= 0.6 is 0 Å². The number of benzene rings is 2. The Balaban J connectivity index is 1.73. The van der Waals surface area contributed by atoms with Crippen LogP contribution in [0.15, 0.2) is 73.2 Å². The molecule has 0 aliphatic rings. The van der Waals surface area contributed by atoms with E-state index in [1.54, 1.807) is 26.6 Å². The lowest BCUT2D eigenvalue weighted by atomic mass is 9.87. The summed E-state index contributed by atoms with van der Waals surface area (Å²) in [6, 6.07) is 18.0. The normalized spacial score (nSPS) is 11.8. The largest absolute Gasteiger partial charge is 0.497 e. The summed E-state index contributed by atoms with van der Waals surface area (Å²) in [5.41, 5.74) is 4.26. The second-order valence-corrected chi connectivity index (χ2v) is 7.92. The summed E-state index contributed by atoms with van der Waals surface area (Å²) >= 11 is 0. The number of amides is 1. The number of carbonyl (C=O) groups excluding carboxylic acids is 1. The number of pyridine rings is 1. The number of hydrogen-bond donors (Lipinski definition) is 1. The van der Waals surface area contributed by atoms with Crippen LogP contribution in [0.3, 0.4) is 0 Å². The first-order valence-electron chi connectivity index (χ1n) is 11.1. The first kappa shape index (κ1) is 22.4. The van der Waals surface area contributed by atoms with E-state index >= 15 is 0 Å². The van der Waals surface area contributed by atoms with Gasteiger partial charge in [0, 0.05) is 61.0 Å². The Labute approximate surface area is 194 Å². The number of carbonyl (C=O) groups is 1. The fourth-order valence-electron chi connectivity index (χ4n) is 4.21. The number of aromatic nitrogens is 2. The number of hydrogen-bond acceptors (Lipinski definition) is 4. The summed E-state index contributed by atoms with van der Waals surface area (Å²) in [5, 5.41) is 4.21. The highest BCUT2D eigenvalue weighted by Gasteiger charge is 2.24. The van der Waals surface area contributed by atoms with E-state index in [0.29, 0.717) is 24.5 Å². The Morgan fingerprint density at radius 3 is 2.39 bits per heavy atom. The molecule has 2 aromatic carbocycles. The smallest absolute Gasteiger partial charge is 0.221 e. The maximum absolute atomic E-state index is 13.1. The van der Waals surface area contributed by atoms with Crippen LogP contribution in [0, 0.1) is 0 Å². The Kier molecular flexibility index (Phi) is 6.93. The molecule has 6 nitrogen and oxygen atoms in total. The minimum atomic E-state index is -0.163. The predicted octanol–water partition coefficient (Wildman–Crippen LogP) is 4.91. The Morgan fingerprint density at radius 2 is 1.73 bits per heavy atom. The third-order valence-electron chi connectivity index (χ3n) is 5.94. The molecular weight excluding hydrogens is 414 g/mol. The van der Waals surface area contributed by atoms with Crippen LogP contribution in [0.1, 0.15) is 36.0 Å². The highest BCUT2D eigenvalue weighted by molar-refractivity contribution is 5.86. The summed E-state index contributed by atoms with van der Waals surface area (Å²) < 4.78 is 13.3. The minimum absolute atomic E-state index is 0.0214. The van der Waals surface area contributed by atoms with Gasteiger partial charge in [0.1, 0.15) is 11.5 Å². The number of ether oxygens (including phenoxy) is 2. The number of nitrogens with one attached hydrogen (secondary N) is 1. The highest BCUT2D eigenvalue weighted by atomic mass is 16.5. The third-order valence-corrected chi connectivity index (χ3v) is 5.94. The zero-order chi connectivity index (χ0) is 23.2. The van der Waals surface area contributed by atoms with Crippen LogP contribution < -0.4 is 14.8 Å². The lowest BCUT2D eigenvalue weighted by Gasteiger charge is -2.19. The van der Waals surface area contributed by atoms with E-state index in [4.69, 9.17) is 9.47 Å². The van der Waals surface area contributed by atoms with Crippen molar-refractivity contribution in [2.45, 2.75) is 32.4 Å². The highest BCUT2D eigenvalue weighted by Crippen LogP contribution is 2.37. The number of aryl methyl sites for hydroxylation is 1. The Hall–Kier alpha value is -3.80. The monoisotopic (exact) mass is 443 g/mol. The lowest BCUT2D eigenvalue weighted by molar-refractivity contribution is -0.121. The van der Waals surface area contributed by atoms with Crippen LogP contribution in [0.4, 0.5) is 0 Å². The molecular formula is C27H29N3O3. The van der Waals surface area contributed by atoms with Crippen LogP contribution in [-0.2, 0) is 17.9 Å². The van der Waals surface area contributed by atoms with Crippen LogP contribution in [-0.4, -0.2) is 29.7 Å². The van der Waals surface area contributed by atoms with Crippen molar-refractivity contribution in [2.24, 2.45) is 0 Å². The van der Waals surface area contributed by atoms with Crippen LogP contribution in [0.2, 0.25) is 0 Å². The van der Waals surface area contributed by atoms with Gasteiger partial charge < -0.3 is 19.4 Å². The van der Waals surface area contributed by atoms with Gasteiger partial charge in [-0.05, 0) is 53.9 Å². The maximum Gasteiger partial charge on any atom is 0.221 e. The zero-order valence-corrected chi connectivity index (χ0v) is 19.2. The topological polar surface area (TPSA) is 65.4 Å². The molecule has 1 N–H and O–H groups in total. The number of nitrogens with zero attached hydrogens (tertiary/aromatic N) is 2. The van der Waals surface area contributed by atoms with Gasteiger partial charge in [0.2, 0.25) is 5.91 Å². The molecule has 0 fully saturated rings. The second-order valence-electron chi connectivity index (χ2n) is 7.92. The maximum atomic E-state index is 13.1. The van der Waals surface area contributed by atoms with E-state index in [9.17, 15) is 4.79 Å². The molecule has 1 amide bonds. The number of methoxy groups -OCH3 is 2. The van der Waals surface area contributed by atoms with E-state index in [2.05, 4.69) is 40.1 Å².